The van der Waals surface area contributed by atoms with E-state index in [1.165, 1.54) is 49.9 Å². The first-order chi connectivity index (χ1) is 10.2. The first-order valence-corrected chi connectivity index (χ1v) is 9.05. The SMILES string of the molecule is CCCCC(C)(C)CC(C)(C)N1CC(c2ccc(C)cc2)C1. The highest BCUT2D eigenvalue weighted by Gasteiger charge is 2.40. The van der Waals surface area contributed by atoms with Gasteiger partial charge in [-0.2, -0.15) is 0 Å². The van der Waals surface area contributed by atoms with Gasteiger partial charge in [-0.25, -0.2) is 0 Å². The maximum Gasteiger partial charge on any atom is 0.0158 e. The second kappa shape index (κ2) is 6.74. The summed E-state index contributed by atoms with van der Waals surface area (Å²) in [5.74, 6) is 0.735. The normalized spacial score (nSPS) is 17.5. The average molecular weight is 302 g/mol. The number of likely N-dealkylation sites (tertiary alicyclic amines) is 1. The van der Waals surface area contributed by atoms with Gasteiger partial charge in [-0.1, -0.05) is 63.4 Å². The van der Waals surface area contributed by atoms with E-state index in [1.54, 1.807) is 0 Å². The van der Waals surface area contributed by atoms with E-state index >= 15 is 0 Å². The predicted molar refractivity (Wildman–Crippen MR) is 97.5 cm³/mol. The lowest BCUT2D eigenvalue weighted by atomic mass is 9.74. The number of benzene rings is 1. The zero-order valence-electron chi connectivity index (χ0n) is 15.6. The van der Waals surface area contributed by atoms with Crippen molar-refractivity contribution in [3.8, 4) is 0 Å². The summed E-state index contributed by atoms with van der Waals surface area (Å²) in [6.07, 6.45) is 5.31. The Balaban J connectivity index is 1.89. The largest absolute Gasteiger partial charge is 0.297 e. The van der Waals surface area contributed by atoms with Crippen LogP contribution >= 0.6 is 0 Å². The lowest BCUT2D eigenvalue weighted by Gasteiger charge is -2.52. The summed E-state index contributed by atoms with van der Waals surface area (Å²) in [6.45, 7) is 16.7. The molecule has 0 aromatic heterocycles. The van der Waals surface area contributed by atoms with E-state index in [9.17, 15) is 0 Å². The second-order valence-corrected chi connectivity index (χ2v) is 8.77. The predicted octanol–water partition coefficient (Wildman–Crippen LogP) is 5.78. The summed E-state index contributed by atoms with van der Waals surface area (Å²) >= 11 is 0. The fourth-order valence-corrected chi connectivity index (χ4v) is 4.05. The molecule has 0 saturated carbocycles. The quantitative estimate of drug-likeness (QED) is 0.617. The van der Waals surface area contributed by atoms with E-state index in [4.69, 9.17) is 0 Å². The highest BCUT2D eigenvalue weighted by molar-refractivity contribution is 5.27. The van der Waals surface area contributed by atoms with Gasteiger partial charge in [0, 0.05) is 24.5 Å². The molecule has 0 N–H and O–H groups in total. The van der Waals surface area contributed by atoms with Crippen LogP contribution in [0.3, 0.4) is 0 Å². The fourth-order valence-electron chi connectivity index (χ4n) is 4.05. The number of unbranched alkanes of at least 4 members (excludes halogenated alkanes) is 1. The molecule has 1 fully saturated rings. The van der Waals surface area contributed by atoms with Crippen molar-refractivity contribution >= 4 is 0 Å². The molecular formula is C21H35N. The van der Waals surface area contributed by atoms with Crippen LogP contribution in [0.1, 0.15) is 77.3 Å². The Hall–Kier alpha value is -0.820. The first-order valence-electron chi connectivity index (χ1n) is 9.05. The van der Waals surface area contributed by atoms with Crippen LogP contribution in [0.5, 0.6) is 0 Å². The van der Waals surface area contributed by atoms with Crippen molar-refractivity contribution in [3.05, 3.63) is 35.4 Å². The summed E-state index contributed by atoms with van der Waals surface area (Å²) in [6, 6.07) is 9.12. The van der Waals surface area contributed by atoms with Crippen molar-refractivity contribution < 1.29 is 0 Å². The van der Waals surface area contributed by atoms with Gasteiger partial charge < -0.3 is 0 Å². The lowest BCUT2D eigenvalue weighted by Crippen LogP contribution is -2.57. The Morgan fingerprint density at radius 3 is 2.18 bits per heavy atom. The highest BCUT2D eigenvalue weighted by Crippen LogP contribution is 2.40. The molecule has 1 nitrogen and oxygen atoms in total. The summed E-state index contributed by atoms with van der Waals surface area (Å²) < 4.78 is 0. The summed E-state index contributed by atoms with van der Waals surface area (Å²) in [4.78, 5) is 2.69. The molecule has 1 heteroatoms. The van der Waals surface area contributed by atoms with Gasteiger partial charge in [0.2, 0.25) is 0 Å². The van der Waals surface area contributed by atoms with Gasteiger partial charge in [-0.3, -0.25) is 4.90 Å². The van der Waals surface area contributed by atoms with Gasteiger partial charge >= 0.3 is 0 Å². The molecule has 1 heterocycles. The Kier molecular flexibility index (Phi) is 5.37. The van der Waals surface area contributed by atoms with Crippen LogP contribution in [0.4, 0.5) is 0 Å². The van der Waals surface area contributed by atoms with Crippen molar-refractivity contribution in [1.82, 2.24) is 4.90 Å². The van der Waals surface area contributed by atoms with E-state index in [0.29, 0.717) is 11.0 Å². The monoisotopic (exact) mass is 301 g/mol. The van der Waals surface area contributed by atoms with E-state index in [0.717, 1.165) is 5.92 Å². The number of aryl methyl sites for hydroxylation is 1. The smallest absolute Gasteiger partial charge is 0.0158 e. The van der Waals surface area contributed by atoms with E-state index in [1.807, 2.05) is 0 Å². The standard InChI is InChI=1S/C21H35N/c1-7-8-13-20(3,4)16-21(5,6)22-14-19(15-22)18-11-9-17(2)10-12-18/h9-12,19H,7-8,13-16H2,1-6H3. The minimum atomic E-state index is 0.318. The Morgan fingerprint density at radius 2 is 1.64 bits per heavy atom. The van der Waals surface area contributed by atoms with Crippen molar-refractivity contribution in [3.63, 3.8) is 0 Å². The van der Waals surface area contributed by atoms with Crippen LogP contribution in [0.25, 0.3) is 0 Å². The molecule has 0 bridgehead atoms. The third kappa shape index (κ3) is 4.35. The van der Waals surface area contributed by atoms with Crippen molar-refractivity contribution in [2.45, 2.75) is 78.7 Å². The maximum absolute atomic E-state index is 2.69. The molecule has 124 valence electrons. The van der Waals surface area contributed by atoms with Gasteiger partial charge in [0.25, 0.3) is 0 Å². The highest BCUT2D eigenvalue weighted by atomic mass is 15.2. The maximum atomic E-state index is 2.69. The lowest BCUT2D eigenvalue weighted by molar-refractivity contribution is 0.00406. The Labute approximate surface area is 138 Å². The molecule has 0 aliphatic carbocycles. The molecule has 22 heavy (non-hydrogen) atoms. The first kappa shape index (κ1) is 17.5. The molecule has 1 aromatic rings. The molecule has 0 radical (unpaired) electrons. The van der Waals surface area contributed by atoms with Crippen molar-refractivity contribution in [2.75, 3.05) is 13.1 Å². The second-order valence-electron chi connectivity index (χ2n) is 8.77. The van der Waals surface area contributed by atoms with Gasteiger partial charge in [0.05, 0.1) is 0 Å². The summed E-state index contributed by atoms with van der Waals surface area (Å²) in [5.41, 5.74) is 3.65. The minimum absolute atomic E-state index is 0.318. The molecule has 1 aliphatic rings. The topological polar surface area (TPSA) is 3.24 Å². The van der Waals surface area contributed by atoms with Crippen LogP contribution in [-0.4, -0.2) is 23.5 Å². The number of hydrogen-bond acceptors (Lipinski definition) is 1. The average Bonchev–Trinajstić information content (AvgIpc) is 2.35. The minimum Gasteiger partial charge on any atom is -0.297 e. The summed E-state index contributed by atoms with van der Waals surface area (Å²) in [5, 5.41) is 0. The molecule has 2 rings (SSSR count). The Bertz CT molecular complexity index is 463. The number of hydrogen-bond donors (Lipinski definition) is 0. The zero-order chi connectivity index (χ0) is 16.4. The Morgan fingerprint density at radius 1 is 1.05 bits per heavy atom. The van der Waals surface area contributed by atoms with Crippen LogP contribution in [0.2, 0.25) is 0 Å². The van der Waals surface area contributed by atoms with Crippen molar-refractivity contribution in [2.24, 2.45) is 5.41 Å². The van der Waals surface area contributed by atoms with Gasteiger partial charge in [0.1, 0.15) is 0 Å². The van der Waals surface area contributed by atoms with E-state index in [-0.39, 0.29) is 0 Å². The van der Waals surface area contributed by atoms with Crippen molar-refractivity contribution in [1.29, 1.82) is 0 Å². The van der Waals surface area contributed by atoms with Gasteiger partial charge in [-0.15, -0.1) is 0 Å². The number of rotatable bonds is 7. The summed E-state index contributed by atoms with van der Waals surface area (Å²) in [7, 11) is 0. The van der Waals surface area contributed by atoms with Crippen LogP contribution < -0.4 is 0 Å². The van der Waals surface area contributed by atoms with Crippen LogP contribution in [0.15, 0.2) is 24.3 Å². The molecule has 0 spiro atoms. The molecule has 0 amide bonds. The van der Waals surface area contributed by atoms with Crippen LogP contribution in [-0.2, 0) is 0 Å². The molecule has 1 saturated heterocycles. The van der Waals surface area contributed by atoms with E-state index < -0.39 is 0 Å². The third-order valence-electron chi connectivity index (χ3n) is 5.40. The molecule has 0 unspecified atom stereocenters. The molecule has 0 atom stereocenters. The fraction of sp³-hybridized carbons (Fsp3) is 0.714. The van der Waals surface area contributed by atoms with Gasteiger partial charge in [-0.05, 0) is 44.6 Å². The molecular weight excluding hydrogens is 266 g/mol. The van der Waals surface area contributed by atoms with Gasteiger partial charge in [0.15, 0.2) is 0 Å². The third-order valence-corrected chi connectivity index (χ3v) is 5.40. The van der Waals surface area contributed by atoms with E-state index in [2.05, 4.69) is 70.7 Å². The zero-order valence-corrected chi connectivity index (χ0v) is 15.6. The molecule has 1 aliphatic heterocycles. The number of nitrogens with zero attached hydrogens (tertiary/aromatic N) is 1. The molecule has 1 aromatic carbocycles. The van der Waals surface area contributed by atoms with Crippen LogP contribution in [0, 0.1) is 12.3 Å².